The van der Waals surface area contributed by atoms with E-state index in [0.717, 1.165) is 35.3 Å². The van der Waals surface area contributed by atoms with Crippen LogP contribution in [0.25, 0.3) is 11.1 Å². The van der Waals surface area contributed by atoms with Crippen molar-refractivity contribution in [2.45, 2.75) is 13.0 Å². The molecule has 0 unspecified atom stereocenters. The van der Waals surface area contributed by atoms with Gasteiger partial charge in [0, 0.05) is 18.2 Å². The minimum atomic E-state index is -0.587. The van der Waals surface area contributed by atoms with E-state index in [2.05, 4.69) is 10.3 Å². The summed E-state index contributed by atoms with van der Waals surface area (Å²) in [5.74, 6) is -0.543. The van der Waals surface area contributed by atoms with Crippen molar-refractivity contribution in [2.75, 3.05) is 13.7 Å². The van der Waals surface area contributed by atoms with E-state index in [1.165, 1.54) is 19.2 Å². The molecule has 1 amide bonds. The first-order valence-corrected chi connectivity index (χ1v) is 6.97. The molecule has 114 valence electrons. The predicted octanol–water partition coefficient (Wildman–Crippen LogP) is 1.64. The zero-order valence-electron chi connectivity index (χ0n) is 12.1. The summed E-state index contributed by atoms with van der Waals surface area (Å²) in [6.07, 6.45) is 0.775. The summed E-state index contributed by atoms with van der Waals surface area (Å²) in [6.45, 7) is 1.40. The van der Waals surface area contributed by atoms with Crippen molar-refractivity contribution in [1.82, 2.24) is 10.3 Å². The molecule has 0 aliphatic carbocycles. The second kappa shape index (κ2) is 5.73. The Hall–Kier alpha value is -2.47. The van der Waals surface area contributed by atoms with Gasteiger partial charge >= 0.3 is 0 Å². The molecule has 5 nitrogen and oxygen atoms in total. The molecular weight excluding hydrogens is 285 g/mol. The lowest BCUT2D eigenvalue weighted by atomic mass is 9.93. The van der Waals surface area contributed by atoms with Crippen LogP contribution in [0.3, 0.4) is 0 Å². The van der Waals surface area contributed by atoms with E-state index in [1.54, 1.807) is 12.1 Å². The van der Waals surface area contributed by atoms with Gasteiger partial charge in [-0.25, -0.2) is 9.37 Å². The zero-order chi connectivity index (χ0) is 15.7. The highest BCUT2D eigenvalue weighted by molar-refractivity contribution is 5.93. The van der Waals surface area contributed by atoms with Gasteiger partial charge in [-0.2, -0.15) is 0 Å². The summed E-state index contributed by atoms with van der Waals surface area (Å²) in [6, 6.07) is 6.00. The fourth-order valence-electron chi connectivity index (χ4n) is 2.72. The van der Waals surface area contributed by atoms with Crippen LogP contribution in [-0.4, -0.2) is 24.5 Å². The fourth-order valence-corrected chi connectivity index (χ4v) is 2.72. The maximum atomic E-state index is 13.4. The monoisotopic (exact) mass is 301 g/mol. The molecule has 0 saturated heterocycles. The van der Waals surface area contributed by atoms with Crippen LogP contribution in [0.15, 0.2) is 24.3 Å². The zero-order valence-corrected chi connectivity index (χ0v) is 12.1. The number of hydrogen-bond donors (Lipinski definition) is 2. The summed E-state index contributed by atoms with van der Waals surface area (Å²) in [5.41, 5.74) is 8.95. The van der Waals surface area contributed by atoms with E-state index >= 15 is 0 Å². The number of rotatable bonds is 3. The van der Waals surface area contributed by atoms with Crippen LogP contribution in [0.2, 0.25) is 0 Å². The third-order valence-electron chi connectivity index (χ3n) is 3.76. The topological polar surface area (TPSA) is 77.2 Å². The Labute approximate surface area is 127 Å². The lowest BCUT2D eigenvalue weighted by molar-refractivity contribution is 0.0995. The minimum absolute atomic E-state index is 0.198. The molecule has 0 saturated carbocycles. The lowest BCUT2D eigenvalue weighted by Gasteiger charge is -2.21. The van der Waals surface area contributed by atoms with Gasteiger partial charge in [-0.1, -0.05) is 0 Å². The number of ether oxygens (including phenoxy) is 1. The average molecular weight is 301 g/mol. The number of pyridine rings is 1. The number of amides is 1. The molecule has 22 heavy (non-hydrogen) atoms. The Bertz CT molecular complexity index is 746. The molecule has 1 aliphatic heterocycles. The van der Waals surface area contributed by atoms with E-state index in [4.69, 9.17) is 10.5 Å². The first-order chi connectivity index (χ1) is 10.6. The molecule has 0 bridgehead atoms. The molecule has 0 atom stereocenters. The van der Waals surface area contributed by atoms with Crippen molar-refractivity contribution in [2.24, 2.45) is 5.73 Å². The Morgan fingerprint density at radius 2 is 2.18 bits per heavy atom. The standard InChI is InChI=1S/C16H16FN3O2/c1-22-15-6-9(17)2-3-11(15)12-7-13(16(18)21)20-14-8-19-5-4-10(12)14/h2-3,6-7,19H,4-5,8H2,1H3,(H2,18,21). The largest absolute Gasteiger partial charge is 0.496 e. The van der Waals surface area contributed by atoms with E-state index < -0.39 is 5.91 Å². The SMILES string of the molecule is COc1cc(F)ccc1-c1cc(C(N)=O)nc2c1CCNC2. The summed E-state index contributed by atoms with van der Waals surface area (Å²) < 4.78 is 18.7. The van der Waals surface area contributed by atoms with Crippen LogP contribution in [0.1, 0.15) is 21.7 Å². The van der Waals surface area contributed by atoms with Gasteiger partial charge in [-0.3, -0.25) is 4.79 Å². The van der Waals surface area contributed by atoms with Crippen molar-refractivity contribution in [1.29, 1.82) is 0 Å². The number of nitrogens with zero attached hydrogens (tertiary/aromatic N) is 1. The number of benzene rings is 1. The van der Waals surface area contributed by atoms with Crippen molar-refractivity contribution in [3.63, 3.8) is 0 Å². The normalized spacial score (nSPS) is 13.5. The lowest BCUT2D eigenvalue weighted by Crippen LogP contribution is -2.27. The first kappa shape index (κ1) is 14.5. The maximum absolute atomic E-state index is 13.4. The van der Waals surface area contributed by atoms with Crippen molar-refractivity contribution < 1.29 is 13.9 Å². The number of carbonyl (C=O) groups is 1. The van der Waals surface area contributed by atoms with Crippen molar-refractivity contribution >= 4 is 5.91 Å². The summed E-state index contributed by atoms with van der Waals surface area (Å²) >= 11 is 0. The second-order valence-corrected chi connectivity index (χ2v) is 5.12. The summed E-state index contributed by atoms with van der Waals surface area (Å²) in [7, 11) is 1.49. The highest BCUT2D eigenvalue weighted by Crippen LogP contribution is 2.35. The Balaban J connectivity index is 2.25. The first-order valence-electron chi connectivity index (χ1n) is 6.97. The van der Waals surface area contributed by atoms with Crippen LogP contribution in [0.5, 0.6) is 5.75 Å². The molecule has 1 aromatic carbocycles. The number of carbonyl (C=O) groups excluding carboxylic acids is 1. The molecule has 2 aromatic rings. The van der Waals surface area contributed by atoms with E-state index in [1.807, 2.05) is 0 Å². The number of primary amides is 1. The molecule has 3 N–H and O–H groups in total. The number of nitrogens with one attached hydrogen (secondary N) is 1. The number of aromatic nitrogens is 1. The van der Waals surface area contributed by atoms with Crippen molar-refractivity contribution in [3.05, 3.63) is 47.0 Å². The second-order valence-electron chi connectivity index (χ2n) is 5.12. The van der Waals surface area contributed by atoms with E-state index in [-0.39, 0.29) is 11.5 Å². The van der Waals surface area contributed by atoms with Gasteiger partial charge in [0.2, 0.25) is 0 Å². The molecule has 6 heteroatoms. The number of fused-ring (bicyclic) bond motifs is 1. The van der Waals surface area contributed by atoms with Gasteiger partial charge in [0.05, 0.1) is 12.8 Å². The van der Waals surface area contributed by atoms with Crippen LogP contribution >= 0.6 is 0 Å². The molecule has 2 heterocycles. The molecule has 3 rings (SSSR count). The van der Waals surface area contributed by atoms with Crippen molar-refractivity contribution in [3.8, 4) is 16.9 Å². The third kappa shape index (κ3) is 2.53. The van der Waals surface area contributed by atoms with Crippen LogP contribution in [-0.2, 0) is 13.0 Å². The van der Waals surface area contributed by atoms with Gasteiger partial charge in [0.1, 0.15) is 17.3 Å². The van der Waals surface area contributed by atoms with Gasteiger partial charge in [0.15, 0.2) is 0 Å². The quantitative estimate of drug-likeness (QED) is 0.903. The van der Waals surface area contributed by atoms with E-state index in [0.29, 0.717) is 12.3 Å². The molecule has 0 radical (unpaired) electrons. The Morgan fingerprint density at radius 1 is 1.36 bits per heavy atom. The fraction of sp³-hybridized carbons (Fsp3) is 0.250. The Morgan fingerprint density at radius 3 is 2.91 bits per heavy atom. The molecule has 0 fully saturated rings. The molecule has 1 aromatic heterocycles. The predicted molar refractivity (Wildman–Crippen MR) is 80.1 cm³/mol. The average Bonchev–Trinajstić information content (AvgIpc) is 2.53. The Kier molecular flexibility index (Phi) is 3.77. The third-order valence-corrected chi connectivity index (χ3v) is 3.76. The minimum Gasteiger partial charge on any atom is -0.496 e. The van der Waals surface area contributed by atoms with Gasteiger partial charge in [-0.15, -0.1) is 0 Å². The van der Waals surface area contributed by atoms with Crippen LogP contribution < -0.4 is 15.8 Å². The number of hydrogen-bond acceptors (Lipinski definition) is 4. The maximum Gasteiger partial charge on any atom is 0.267 e. The van der Waals surface area contributed by atoms with E-state index in [9.17, 15) is 9.18 Å². The number of methoxy groups -OCH3 is 1. The van der Waals surface area contributed by atoms with Crippen LogP contribution in [0, 0.1) is 5.82 Å². The van der Waals surface area contributed by atoms with Crippen LogP contribution in [0.4, 0.5) is 4.39 Å². The number of halogens is 1. The molecule has 0 spiro atoms. The summed E-state index contributed by atoms with van der Waals surface area (Å²) in [5, 5.41) is 3.22. The summed E-state index contributed by atoms with van der Waals surface area (Å²) in [4.78, 5) is 15.8. The van der Waals surface area contributed by atoms with Gasteiger partial charge in [-0.05, 0) is 42.3 Å². The molecule has 1 aliphatic rings. The highest BCUT2D eigenvalue weighted by Gasteiger charge is 2.20. The number of nitrogens with two attached hydrogens (primary N) is 1. The highest BCUT2D eigenvalue weighted by atomic mass is 19.1. The van der Waals surface area contributed by atoms with Gasteiger partial charge in [0.25, 0.3) is 5.91 Å². The smallest absolute Gasteiger partial charge is 0.267 e. The molecular formula is C16H16FN3O2. The van der Waals surface area contributed by atoms with Gasteiger partial charge < -0.3 is 15.8 Å².